The second kappa shape index (κ2) is 7.82. The molecule has 1 aromatic carbocycles. The number of nitriles is 1. The Balaban J connectivity index is 1.99. The van der Waals surface area contributed by atoms with E-state index in [9.17, 15) is 15.2 Å². The van der Waals surface area contributed by atoms with Crippen LogP contribution in [0.5, 0.6) is 0 Å². The summed E-state index contributed by atoms with van der Waals surface area (Å²) in [6, 6.07) is 9.75. The summed E-state index contributed by atoms with van der Waals surface area (Å²) in [5.41, 5.74) is 0.709. The average molecular weight is 442 g/mol. The van der Waals surface area contributed by atoms with E-state index >= 15 is 4.39 Å². The number of benzene rings is 1. The summed E-state index contributed by atoms with van der Waals surface area (Å²) in [5, 5.41) is 24.1. The average Bonchev–Trinajstić information content (AvgIpc) is 3.33. The lowest BCUT2D eigenvalue weighted by Gasteiger charge is -2.05. The number of nitrogens with zero attached hydrogens (tertiary/aromatic N) is 5. The molecule has 0 saturated carbocycles. The molecule has 1 N–H and O–H groups in total. The van der Waals surface area contributed by atoms with Crippen LogP contribution in [0.4, 0.5) is 4.39 Å². The van der Waals surface area contributed by atoms with Crippen molar-refractivity contribution in [1.82, 2.24) is 19.3 Å². The van der Waals surface area contributed by atoms with Gasteiger partial charge in [0.2, 0.25) is 0 Å². The van der Waals surface area contributed by atoms with Gasteiger partial charge in [0.25, 0.3) is 0 Å². The van der Waals surface area contributed by atoms with Gasteiger partial charge in [0, 0.05) is 18.1 Å². The fraction of sp³-hybridized carbons (Fsp3) is 0.100. The van der Waals surface area contributed by atoms with Gasteiger partial charge in [-0.15, -0.1) is 0 Å². The number of aryl methyl sites for hydroxylation is 1. The molecule has 0 saturated heterocycles. The van der Waals surface area contributed by atoms with Crippen LogP contribution in [0.1, 0.15) is 23.1 Å². The predicted octanol–water partition coefficient (Wildman–Crippen LogP) is 4.76. The van der Waals surface area contributed by atoms with Crippen LogP contribution in [0.3, 0.4) is 0 Å². The number of aromatic nitrogens is 4. The molecule has 0 spiro atoms. The number of carboxylic acids is 1. The smallest absolute Gasteiger partial charge is 0.354 e. The van der Waals surface area contributed by atoms with Gasteiger partial charge in [-0.2, -0.15) is 10.4 Å². The molecule has 0 aliphatic rings. The van der Waals surface area contributed by atoms with Crippen molar-refractivity contribution in [2.45, 2.75) is 23.4 Å². The maximum Gasteiger partial charge on any atom is 0.354 e. The molecule has 0 unspecified atom stereocenters. The van der Waals surface area contributed by atoms with Crippen LogP contribution in [0.2, 0.25) is 5.02 Å². The van der Waals surface area contributed by atoms with Crippen LogP contribution in [0, 0.1) is 17.1 Å². The van der Waals surface area contributed by atoms with Crippen LogP contribution in [-0.2, 0) is 6.54 Å². The maximum atomic E-state index is 15.1. The molecule has 7 nitrogen and oxygen atoms in total. The van der Waals surface area contributed by atoms with Crippen LogP contribution in [0.15, 0.2) is 52.6 Å². The highest BCUT2D eigenvalue weighted by Gasteiger charge is 2.24. The lowest BCUT2D eigenvalue weighted by molar-refractivity contribution is 0.0689. The van der Waals surface area contributed by atoms with Crippen LogP contribution < -0.4 is 0 Å². The first kappa shape index (κ1) is 19.9. The molecule has 10 heteroatoms. The first-order valence-electron chi connectivity index (χ1n) is 8.78. The van der Waals surface area contributed by atoms with Crippen LogP contribution in [-0.4, -0.2) is 30.4 Å². The van der Waals surface area contributed by atoms with E-state index < -0.39 is 11.8 Å². The van der Waals surface area contributed by atoms with Crippen molar-refractivity contribution in [2.24, 2.45) is 0 Å². The number of hydrogen-bond acceptors (Lipinski definition) is 5. The second-order valence-electron chi connectivity index (χ2n) is 6.20. The van der Waals surface area contributed by atoms with E-state index in [0.29, 0.717) is 27.5 Å². The van der Waals surface area contributed by atoms with E-state index in [1.807, 2.05) is 6.92 Å². The third kappa shape index (κ3) is 3.30. The molecule has 4 aromatic rings. The van der Waals surface area contributed by atoms with Crippen LogP contribution >= 0.6 is 23.4 Å². The Bertz CT molecular complexity index is 1340. The molecule has 0 fully saturated rings. The highest BCUT2D eigenvalue weighted by molar-refractivity contribution is 7.99. The summed E-state index contributed by atoms with van der Waals surface area (Å²) in [5.74, 6) is -1.82. The fourth-order valence-electron chi connectivity index (χ4n) is 3.08. The lowest BCUT2D eigenvalue weighted by Crippen LogP contribution is -2.00. The van der Waals surface area contributed by atoms with Crippen molar-refractivity contribution < 1.29 is 14.3 Å². The number of fused-ring (bicyclic) bond motifs is 1. The molecule has 0 aliphatic carbocycles. The van der Waals surface area contributed by atoms with Gasteiger partial charge in [-0.05, 0) is 31.2 Å². The summed E-state index contributed by atoms with van der Waals surface area (Å²) in [7, 11) is 0. The third-order valence-corrected chi connectivity index (χ3v) is 5.78. The summed E-state index contributed by atoms with van der Waals surface area (Å²) >= 11 is 7.11. The summed E-state index contributed by atoms with van der Waals surface area (Å²) in [6.45, 7) is 2.52. The summed E-state index contributed by atoms with van der Waals surface area (Å²) in [4.78, 5) is 15.8. The van der Waals surface area contributed by atoms with Crippen molar-refractivity contribution in [3.63, 3.8) is 0 Å². The molecule has 0 aliphatic heterocycles. The summed E-state index contributed by atoms with van der Waals surface area (Å²) in [6.07, 6.45) is 3.25. The highest BCUT2D eigenvalue weighted by Crippen LogP contribution is 2.41. The van der Waals surface area contributed by atoms with E-state index in [1.165, 1.54) is 16.7 Å². The summed E-state index contributed by atoms with van der Waals surface area (Å²) < 4.78 is 18.2. The Morgan fingerprint density at radius 2 is 2.17 bits per heavy atom. The molecule has 0 radical (unpaired) electrons. The molecule has 3 aromatic heterocycles. The van der Waals surface area contributed by atoms with Crippen molar-refractivity contribution in [3.05, 3.63) is 65.0 Å². The lowest BCUT2D eigenvalue weighted by atomic mass is 10.2. The molecule has 0 amide bonds. The molecule has 3 heterocycles. The molecule has 0 bridgehead atoms. The highest BCUT2D eigenvalue weighted by atomic mass is 35.5. The molecule has 4 rings (SSSR count). The maximum absolute atomic E-state index is 15.1. The normalized spacial score (nSPS) is 11.0. The number of rotatable bonds is 5. The number of carbonyl (C=O) groups is 1. The first-order chi connectivity index (χ1) is 14.4. The monoisotopic (exact) mass is 441 g/mol. The Labute approximate surface area is 179 Å². The number of hydrogen-bond donors (Lipinski definition) is 1. The van der Waals surface area contributed by atoms with Gasteiger partial charge in [0.15, 0.2) is 5.82 Å². The van der Waals surface area contributed by atoms with E-state index in [1.54, 1.807) is 35.3 Å². The number of carboxylic acid groups (broad SMARTS) is 1. The zero-order valence-corrected chi connectivity index (χ0v) is 17.1. The minimum atomic E-state index is -1.16. The Morgan fingerprint density at radius 3 is 2.83 bits per heavy atom. The number of pyridine rings is 1. The largest absolute Gasteiger partial charge is 0.477 e. The van der Waals surface area contributed by atoms with Gasteiger partial charge >= 0.3 is 5.97 Å². The second-order valence-corrected chi connectivity index (χ2v) is 7.64. The van der Waals surface area contributed by atoms with Gasteiger partial charge in [0.05, 0.1) is 27.3 Å². The molecule has 150 valence electrons. The number of aromatic carboxylic acids is 1. The standard InChI is InChI=1S/C20H13ClFN5O2S/c1-2-26-10-11(9-24-26)27-15(8-23)19(12-6-7-13(21)17(22)18(12)27)30-16-5-3-4-14(25-16)20(28)29/h3-7,9-10H,2H2,1H3,(H,28,29). The van der Waals surface area contributed by atoms with E-state index in [4.69, 9.17) is 11.6 Å². The van der Waals surface area contributed by atoms with E-state index in [-0.39, 0.29) is 21.9 Å². The molecule has 0 atom stereocenters. The fourth-order valence-corrected chi connectivity index (χ4v) is 4.24. The van der Waals surface area contributed by atoms with E-state index in [0.717, 1.165) is 11.8 Å². The minimum absolute atomic E-state index is 0.0730. The van der Waals surface area contributed by atoms with Gasteiger partial charge in [-0.1, -0.05) is 29.4 Å². The molecular weight excluding hydrogens is 429 g/mol. The van der Waals surface area contributed by atoms with Crippen molar-refractivity contribution in [3.8, 4) is 11.8 Å². The SMILES string of the molecule is CCn1cc(-n2c(C#N)c(Sc3cccc(C(=O)O)n3)c3ccc(Cl)c(F)c32)cn1. The molecule has 30 heavy (non-hydrogen) atoms. The Kier molecular flexibility index (Phi) is 5.20. The Hall–Kier alpha value is -3.35. The quantitative estimate of drug-likeness (QED) is 0.479. The van der Waals surface area contributed by atoms with Gasteiger partial charge in [-0.25, -0.2) is 14.2 Å². The molecular formula is C20H13ClFN5O2S. The third-order valence-electron chi connectivity index (χ3n) is 4.43. The zero-order chi connectivity index (χ0) is 21.4. The zero-order valence-electron chi connectivity index (χ0n) is 15.5. The van der Waals surface area contributed by atoms with Crippen molar-refractivity contribution in [2.75, 3.05) is 0 Å². The Morgan fingerprint density at radius 1 is 1.37 bits per heavy atom. The number of halogens is 2. The van der Waals surface area contributed by atoms with Gasteiger partial charge in [-0.3, -0.25) is 9.25 Å². The predicted molar refractivity (Wildman–Crippen MR) is 110 cm³/mol. The topological polar surface area (TPSA) is 96.7 Å². The van der Waals surface area contributed by atoms with Gasteiger partial charge < -0.3 is 5.11 Å². The van der Waals surface area contributed by atoms with Crippen molar-refractivity contribution >= 4 is 40.2 Å². The van der Waals surface area contributed by atoms with Crippen molar-refractivity contribution in [1.29, 1.82) is 5.26 Å². The van der Waals surface area contributed by atoms with Gasteiger partial charge in [0.1, 0.15) is 22.5 Å². The van der Waals surface area contributed by atoms with E-state index in [2.05, 4.69) is 16.2 Å². The first-order valence-corrected chi connectivity index (χ1v) is 9.97. The minimum Gasteiger partial charge on any atom is -0.477 e. The van der Waals surface area contributed by atoms with Crippen LogP contribution in [0.25, 0.3) is 16.6 Å².